The zero-order chi connectivity index (χ0) is 14.3. The van der Waals surface area contributed by atoms with Crippen molar-refractivity contribution in [2.45, 2.75) is 0 Å². The first-order valence-corrected chi connectivity index (χ1v) is 5.77. The second kappa shape index (κ2) is 7.31. The van der Waals surface area contributed by atoms with E-state index >= 15 is 0 Å². The van der Waals surface area contributed by atoms with Crippen molar-refractivity contribution in [2.75, 3.05) is 25.0 Å². The predicted molar refractivity (Wildman–Crippen MR) is 71.8 cm³/mol. The molecule has 0 aliphatic rings. The Labute approximate surface area is 111 Å². The number of carbonyl (C=O) groups is 1. The molecule has 0 unspecified atom stereocenters. The minimum Gasteiger partial charge on any atom is -0.371 e. The Hall–Kier alpha value is -2.17. The van der Waals surface area contributed by atoms with Crippen molar-refractivity contribution < 1.29 is 13.6 Å². The Bertz CT molecular complexity index is 444. The molecule has 0 aliphatic carbocycles. The Kier molecular flexibility index (Phi) is 5.73. The number of hydrogen-bond donors (Lipinski definition) is 1. The molecule has 3 nitrogen and oxygen atoms in total. The van der Waals surface area contributed by atoms with Gasteiger partial charge in [0.25, 0.3) is 0 Å². The Morgan fingerprint density at radius 2 is 1.74 bits per heavy atom. The van der Waals surface area contributed by atoms with Gasteiger partial charge in [0.05, 0.1) is 6.54 Å². The lowest BCUT2D eigenvalue weighted by molar-refractivity contribution is -0.128. The van der Waals surface area contributed by atoms with Gasteiger partial charge >= 0.3 is 0 Å². The molecule has 0 aromatic heterocycles. The van der Waals surface area contributed by atoms with E-state index in [1.807, 2.05) is 0 Å². The number of nitrogens with zero attached hydrogens (tertiary/aromatic N) is 1. The maximum absolute atomic E-state index is 13.3. The molecule has 0 saturated carbocycles. The Morgan fingerprint density at radius 1 is 1.21 bits per heavy atom. The van der Waals surface area contributed by atoms with Gasteiger partial charge in [0.1, 0.15) is 17.3 Å². The Morgan fingerprint density at radius 3 is 2.21 bits per heavy atom. The number of nitrogens with one attached hydrogen (secondary N) is 1. The predicted octanol–water partition coefficient (Wildman–Crippen LogP) is 2.58. The van der Waals surface area contributed by atoms with Crippen molar-refractivity contribution in [1.82, 2.24) is 4.90 Å². The smallest absolute Gasteiger partial charge is 0.242 e. The average molecular weight is 266 g/mol. The van der Waals surface area contributed by atoms with E-state index in [0.29, 0.717) is 13.1 Å². The van der Waals surface area contributed by atoms with Gasteiger partial charge < -0.3 is 10.2 Å². The summed E-state index contributed by atoms with van der Waals surface area (Å²) in [6.07, 6.45) is 3.15. The van der Waals surface area contributed by atoms with Crippen molar-refractivity contribution in [3.63, 3.8) is 0 Å². The van der Waals surface area contributed by atoms with Crippen molar-refractivity contribution in [3.05, 3.63) is 55.1 Å². The van der Waals surface area contributed by atoms with Crippen molar-refractivity contribution in [2.24, 2.45) is 0 Å². The summed E-state index contributed by atoms with van der Waals surface area (Å²) in [6, 6.07) is 3.52. The number of rotatable bonds is 7. The zero-order valence-corrected chi connectivity index (χ0v) is 10.5. The molecule has 0 spiro atoms. The minimum absolute atomic E-state index is 0.195. The summed E-state index contributed by atoms with van der Waals surface area (Å²) in [5, 5.41) is 2.47. The summed E-state index contributed by atoms with van der Waals surface area (Å²) in [5.41, 5.74) is -0.298. The highest BCUT2D eigenvalue weighted by atomic mass is 19.1. The third-order valence-corrected chi connectivity index (χ3v) is 2.43. The van der Waals surface area contributed by atoms with Crippen molar-refractivity contribution >= 4 is 11.6 Å². The summed E-state index contributed by atoms with van der Waals surface area (Å²) in [5.74, 6) is -1.75. The topological polar surface area (TPSA) is 32.3 Å². The molecule has 5 heteroatoms. The van der Waals surface area contributed by atoms with E-state index in [1.165, 1.54) is 11.0 Å². The largest absolute Gasteiger partial charge is 0.371 e. The first-order valence-electron chi connectivity index (χ1n) is 5.77. The van der Waals surface area contributed by atoms with E-state index < -0.39 is 11.6 Å². The summed E-state index contributed by atoms with van der Waals surface area (Å²) in [7, 11) is 0. The van der Waals surface area contributed by atoms with Gasteiger partial charge in [-0.2, -0.15) is 0 Å². The lowest BCUT2D eigenvalue weighted by Gasteiger charge is -2.20. The normalized spacial score (nSPS) is 9.79. The highest BCUT2D eigenvalue weighted by Crippen LogP contribution is 2.17. The van der Waals surface area contributed by atoms with E-state index in [-0.39, 0.29) is 18.1 Å². The molecule has 0 radical (unpaired) electrons. The maximum Gasteiger partial charge on any atom is 0.242 e. The molecular weight excluding hydrogens is 250 g/mol. The van der Waals surface area contributed by atoms with Crippen LogP contribution in [0.5, 0.6) is 0 Å². The zero-order valence-electron chi connectivity index (χ0n) is 10.5. The van der Waals surface area contributed by atoms with E-state index in [2.05, 4.69) is 18.5 Å². The highest BCUT2D eigenvalue weighted by Gasteiger charge is 2.13. The van der Waals surface area contributed by atoms with Gasteiger partial charge in [-0.25, -0.2) is 8.78 Å². The average Bonchev–Trinajstić information content (AvgIpc) is 2.37. The van der Waals surface area contributed by atoms with E-state index in [1.54, 1.807) is 12.2 Å². The molecule has 0 fully saturated rings. The molecule has 0 aliphatic heterocycles. The molecule has 1 aromatic carbocycles. The minimum atomic E-state index is -0.730. The van der Waals surface area contributed by atoms with Crippen LogP contribution in [0, 0.1) is 11.6 Å². The van der Waals surface area contributed by atoms with Crippen LogP contribution < -0.4 is 5.32 Å². The number of carbonyl (C=O) groups excluding carboxylic acids is 1. The fraction of sp³-hybridized carbons (Fsp3) is 0.214. The number of para-hydroxylation sites is 1. The molecule has 1 amide bonds. The summed E-state index contributed by atoms with van der Waals surface area (Å²) in [4.78, 5) is 13.3. The molecule has 1 N–H and O–H groups in total. The van der Waals surface area contributed by atoms with Gasteiger partial charge in [-0.05, 0) is 12.1 Å². The third kappa shape index (κ3) is 4.21. The van der Waals surface area contributed by atoms with Gasteiger partial charge in [0.2, 0.25) is 5.91 Å². The fourth-order valence-electron chi connectivity index (χ4n) is 1.53. The van der Waals surface area contributed by atoms with Crippen LogP contribution in [0.25, 0.3) is 0 Å². The van der Waals surface area contributed by atoms with Crippen LogP contribution in [0.1, 0.15) is 0 Å². The van der Waals surface area contributed by atoms with E-state index in [4.69, 9.17) is 0 Å². The van der Waals surface area contributed by atoms with Crippen molar-refractivity contribution in [1.29, 1.82) is 0 Å². The molecule has 0 heterocycles. The lowest BCUT2D eigenvalue weighted by atomic mass is 10.3. The molecular formula is C14H16F2N2O. The Balaban J connectivity index is 2.67. The third-order valence-electron chi connectivity index (χ3n) is 2.43. The number of anilines is 1. The van der Waals surface area contributed by atoms with Crippen molar-refractivity contribution in [3.8, 4) is 0 Å². The number of amides is 1. The molecule has 102 valence electrons. The van der Waals surface area contributed by atoms with Crippen LogP contribution in [-0.2, 0) is 4.79 Å². The monoisotopic (exact) mass is 266 g/mol. The molecule has 1 aromatic rings. The SMILES string of the molecule is C=CCN(CC=C)C(=O)CNc1c(F)cccc1F. The number of halogens is 2. The second-order valence-electron chi connectivity index (χ2n) is 3.83. The summed E-state index contributed by atoms with van der Waals surface area (Å²) >= 11 is 0. The quantitative estimate of drug-likeness (QED) is 0.769. The van der Waals surface area contributed by atoms with Gasteiger partial charge in [-0.1, -0.05) is 18.2 Å². The summed E-state index contributed by atoms with van der Waals surface area (Å²) < 4.78 is 26.7. The molecule has 0 saturated heterocycles. The molecule has 19 heavy (non-hydrogen) atoms. The fourth-order valence-corrected chi connectivity index (χ4v) is 1.53. The van der Waals surface area contributed by atoms with Crippen LogP contribution in [0.3, 0.4) is 0 Å². The second-order valence-corrected chi connectivity index (χ2v) is 3.83. The number of hydrogen-bond acceptors (Lipinski definition) is 2. The van der Waals surface area contributed by atoms with Crippen LogP contribution in [-0.4, -0.2) is 30.4 Å². The molecule has 0 bridgehead atoms. The summed E-state index contributed by atoms with van der Waals surface area (Å²) in [6.45, 7) is 7.60. The van der Waals surface area contributed by atoms with Gasteiger partial charge in [-0.3, -0.25) is 4.79 Å². The first-order chi connectivity index (χ1) is 9.10. The van der Waals surface area contributed by atoms with Crippen LogP contribution in [0.4, 0.5) is 14.5 Å². The molecule has 0 atom stereocenters. The van der Waals surface area contributed by atoms with Gasteiger partial charge in [-0.15, -0.1) is 13.2 Å². The van der Waals surface area contributed by atoms with Gasteiger partial charge in [0, 0.05) is 13.1 Å². The number of benzene rings is 1. The van der Waals surface area contributed by atoms with E-state index in [9.17, 15) is 13.6 Å². The van der Waals surface area contributed by atoms with Crippen LogP contribution in [0.15, 0.2) is 43.5 Å². The molecule has 1 rings (SSSR count). The van der Waals surface area contributed by atoms with Crippen LogP contribution >= 0.6 is 0 Å². The standard InChI is InChI=1S/C14H16F2N2O/c1-3-8-18(9-4-2)13(19)10-17-14-11(15)6-5-7-12(14)16/h3-7,17H,1-2,8-10H2. The lowest BCUT2D eigenvalue weighted by Crippen LogP contribution is -2.36. The maximum atomic E-state index is 13.3. The van der Waals surface area contributed by atoms with E-state index in [0.717, 1.165) is 12.1 Å². The van der Waals surface area contributed by atoms with Gasteiger partial charge in [0.15, 0.2) is 0 Å². The first kappa shape index (κ1) is 14.9. The highest BCUT2D eigenvalue weighted by molar-refractivity contribution is 5.81. The van der Waals surface area contributed by atoms with Crippen LogP contribution in [0.2, 0.25) is 0 Å².